The normalized spacial score (nSPS) is 11.1. The van der Waals surface area contributed by atoms with Crippen LogP contribution in [-0.4, -0.2) is 10.1 Å². The van der Waals surface area contributed by atoms with Crippen molar-refractivity contribution in [2.24, 2.45) is 5.28 Å². The molecule has 0 bridgehead atoms. The molecule has 0 aliphatic carbocycles. The minimum atomic E-state index is 0. The van der Waals surface area contributed by atoms with Crippen LogP contribution in [0.3, 0.4) is 0 Å². The van der Waals surface area contributed by atoms with E-state index in [0.717, 1.165) is 10.8 Å². The van der Waals surface area contributed by atoms with Gasteiger partial charge in [-0.25, -0.2) is 0 Å². The maximum atomic E-state index is 11.1. The molecule has 2 rings (SSSR count). The summed E-state index contributed by atoms with van der Waals surface area (Å²) in [6.45, 7) is 0. The van der Waals surface area contributed by atoms with Crippen molar-refractivity contribution in [3.63, 3.8) is 0 Å². The lowest BCUT2D eigenvalue weighted by Gasteiger charge is -2.01. The van der Waals surface area contributed by atoms with Crippen molar-refractivity contribution in [3.05, 3.63) is 47.7 Å². The van der Waals surface area contributed by atoms with Gasteiger partial charge in [0.15, 0.2) is 0 Å². The molecule has 0 aromatic heterocycles. The fourth-order valence-corrected chi connectivity index (χ4v) is 1.42. The van der Waals surface area contributed by atoms with E-state index in [4.69, 9.17) is 5.21 Å². The maximum Gasteiger partial charge on any atom is 0.256 e. The second-order valence-electron chi connectivity index (χ2n) is 2.86. The SMILES string of the molecule is N.[O-][N+](=NO)c1cccc2ccccc12. The summed E-state index contributed by atoms with van der Waals surface area (Å²) in [5.41, 5.74) is 0.339. The van der Waals surface area contributed by atoms with Crippen LogP contribution in [-0.2, 0) is 0 Å². The Morgan fingerprint density at radius 3 is 2.47 bits per heavy atom. The quantitative estimate of drug-likeness (QED) is 0.425. The van der Waals surface area contributed by atoms with Crippen LogP contribution in [0.2, 0.25) is 0 Å². The van der Waals surface area contributed by atoms with E-state index >= 15 is 0 Å². The molecule has 0 fully saturated rings. The lowest BCUT2D eigenvalue weighted by atomic mass is 10.1. The van der Waals surface area contributed by atoms with E-state index in [1.165, 1.54) is 0 Å². The van der Waals surface area contributed by atoms with Crippen molar-refractivity contribution in [1.29, 1.82) is 0 Å². The molecule has 2 aromatic rings. The molecule has 0 aliphatic heterocycles. The van der Waals surface area contributed by atoms with Gasteiger partial charge in [-0.05, 0) is 16.3 Å². The van der Waals surface area contributed by atoms with Crippen molar-refractivity contribution >= 4 is 16.5 Å². The smallest absolute Gasteiger partial charge is 0.256 e. The monoisotopic (exact) mass is 205 g/mol. The highest BCUT2D eigenvalue weighted by Crippen LogP contribution is 2.24. The van der Waals surface area contributed by atoms with Crippen molar-refractivity contribution in [3.8, 4) is 0 Å². The molecule has 78 valence electrons. The van der Waals surface area contributed by atoms with Crippen LogP contribution >= 0.6 is 0 Å². The molecule has 0 radical (unpaired) electrons. The highest BCUT2D eigenvalue weighted by Gasteiger charge is 2.08. The zero-order valence-electron chi connectivity index (χ0n) is 8.00. The van der Waals surface area contributed by atoms with Gasteiger partial charge in [-0.2, -0.15) is 0 Å². The lowest BCUT2D eigenvalue weighted by Crippen LogP contribution is -1.91. The Hall–Kier alpha value is -2.14. The molecule has 15 heavy (non-hydrogen) atoms. The first-order valence-corrected chi connectivity index (χ1v) is 4.13. The predicted octanol–water partition coefficient (Wildman–Crippen LogP) is 2.99. The third kappa shape index (κ3) is 1.87. The molecule has 2 aromatic carbocycles. The predicted molar refractivity (Wildman–Crippen MR) is 56.5 cm³/mol. The zero-order chi connectivity index (χ0) is 9.97. The number of fused-ring (bicyclic) bond motifs is 1. The van der Waals surface area contributed by atoms with Crippen LogP contribution in [0.15, 0.2) is 47.7 Å². The van der Waals surface area contributed by atoms with E-state index in [1.54, 1.807) is 18.2 Å². The van der Waals surface area contributed by atoms with Crippen molar-refractivity contribution in [2.75, 3.05) is 0 Å². The fourth-order valence-electron chi connectivity index (χ4n) is 1.42. The van der Waals surface area contributed by atoms with E-state index < -0.39 is 0 Å². The van der Waals surface area contributed by atoms with E-state index in [2.05, 4.69) is 5.28 Å². The Kier molecular flexibility index (Phi) is 3.20. The number of rotatable bonds is 1. The molecule has 0 amide bonds. The molecule has 0 saturated carbocycles. The number of hydrogen-bond donors (Lipinski definition) is 2. The Morgan fingerprint density at radius 1 is 1.07 bits per heavy atom. The highest BCUT2D eigenvalue weighted by atomic mass is 16.6. The minimum absolute atomic E-state index is 0. The van der Waals surface area contributed by atoms with Gasteiger partial charge in [0, 0.05) is 6.07 Å². The van der Waals surface area contributed by atoms with Gasteiger partial charge in [0.1, 0.15) is 0 Å². The van der Waals surface area contributed by atoms with Crippen LogP contribution in [0.25, 0.3) is 10.8 Å². The van der Waals surface area contributed by atoms with Crippen LogP contribution < -0.4 is 6.15 Å². The summed E-state index contributed by atoms with van der Waals surface area (Å²) < 4.78 is 0. The second-order valence-corrected chi connectivity index (χ2v) is 2.86. The van der Waals surface area contributed by atoms with Crippen molar-refractivity contribution in [1.82, 2.24) is 6.15 Å². The molecule has 0 atom stereocenters. The van der Waals surface area contributed by atoms with Gasteiger partial charge < -0.3 is 16.6 Å². The average molecular weight is 205 g/mol. The topological polar surface area (TPSA) is 93.7 Å². The van der Waals surface area contributed by atoms with Gasteiger partial charge in [0.2, 0.25) is 5.28 Å². The van der Waals surface area contributed by atoms with E-state index in [1.807, 2.05) is 24.3 Å². The molecule has 0 spiro atoms. The lowest BCUT2D eigenvalue weighted by molar-refractivity contribution is -0.472. The van der Waals surface area contributed by atoms with Gasteiger partial charge in [-0.3, -0.25) is 0 Å². The largest absolute Gasteiger partial charge is 0.592 e. The van der Waals surface area contributed by atoms with Crippen molar-refractivity contribution in [2.45, 2.75) is 0 Å². The fraction of sp³-hybridized carbons (Fsp3) is 0. The molecule has 0 saturated heterocycles. The van der Waals surface area contributed by atoms with Crippen LogP contribution in [0.4, 0.5) is 5.69 Å². The van der Waals surface area contributed by atoms with Gasteiger partial charge in [-0.15, -0.1) is 0 Å². The van der Waals surface area contributed by atoms with Crippen LogP contribution in [0.1, 0.15) is 0 Å². The van der Waals surface area contributed by atoms with Crippen LogP contribution in [0, 0.1) is 5.21 Å². The number of hydrogen-bond acceptors (Lipinski definition) is 3. The zero-order valence-corrected chi connectivity index (χ0v) is 8.00. The minimum Gasteiger partial charge on any atom is -0.592 e. The molecule has 0 unspecified atom stereocenters. The first-order chi connectivity index (χ1) is 6.83. The summed E-state index contributed by atoms with van der Waals surface area (Å²) in [5.74, 6) is 0. The number of nitrogens with zero attached hydrogens (tertiary/aromatic N) is 2. The summed E-state index contributed by atoms with van der Waals surface area (Å²) in [6.07, 6.45) is 0. The highest BCUT2D eigenvalue weighted by molar-refractivity contribution is 5.90. The first kappa shape index (κ1) is 10.9. The summed E-state index contributed by atoms with van der Waals surface area (Å²) >= 11 is 0. The molecular formula is C10H11N3O2. The molecule has 0 heterocycles. The Balaban J connectivity index is 0.00000112. The Bertz CT molecular complexity index is 491. The molecular weight excluding hydrogens is 194 g/mol. The summed E-state index contributed by atoms with van der Waals surface area (Å²) in [4.78, 5) is 0.197. The third-order valence-electron chi connectivity index (χ3n) is 2.05. The molecule has 0 aliphatic rings. The Morgan fingerprint density at radius 2 is 1.73 bits per heavy atom. The standard InChI is InChI=1S/C10H8N2O2.H3N/c13-11-12(14)10-7-3-5-8-4-1-2-6-9(8)10;/h1-7,13H;1H3. The second kappa shape index (κ2) is 4.39. The third-order valence-corrected chi connectivity index (χ3v) is 2.05. The van der Waals surface area contributed by atoms with Gasteiger partial charge >= 0.3 is 0 Å². The Labute approximate surface area is 86.4 Å². The van der Waals surface area contributed by atoms with E-state index in [0.29, 0.717) is 5.69 Å². The van der Waals surface area contributed by atoms with Gasteiger partial charge in [-0.1, -0.05) is 30.3 Å². The van der Waals surface area contributed by atoms with Crippen LogP contribution in [0.5, 0.6) is 0 Å². The molecule has 5 nitrogen and oxygen atoms in total. The average Bonchev–Trinajstić information content (AvgIpc) is 2.27. The first-order valence-electron chi connectivity index (χ1n) is 4.13. The summed E-state index contributed by atoms with van der Waals surface area (Å²) in [6, 6.07) is 12.7. The van der Waals surface area contributed by atoms with Gasteiger partial charge in [0.25, 0.3) is 5.69 Å². The van der Waals surface area contributed by atoms with E-state index in [-0.39, 0.29) is 11.0 Å². The molecule has 5 heteroatoms. The summed E-state index contributed by atoms with van der Waals surface area (Å²) in [5, 5.41) is 23.8. The maximum absolute atomic E-state index is 11.1. The number of benzene rings is 2. The molecule has 4 N–H and O–H groups in total. The van der Waals surface area contributed by atoms with E-state index in [9.17, 15) is 5.21 Å². The van der Waals surface area contributed by atoms with Crippen molar-refractivity contribution < 1.29 is 10.1 Å². The summed E-state index contributed by atoms with van der Waals surface area (Å²) in [7, 11) is 0. The van der Waals surface area contributed by atoms with Gasteiger partial charge in [0.05, 0.1) is 5.39 Å².